The summed E-state index contributed by atoms with van der Waals surface area (Å²) in [5.74, 6) is 6.32. The third-order valence-corrected chi connectivity index (χ3v) is 5.95. The van der Waals surface area contributed by atoms with Gasteiger partial charge in [0.25, 0.3) is 0 Å². The van der Waals surface area contributed by atoms with Gasteiger partial charge in [-0.25, -0.2) is 24.0 Å². The van der Waals surface area contributed by atoms with Gasteiger partial charge in [-0.05, 0) is 46.7 Å². The minimum Gasteiger partial charge on any atom is -0.307 e. The monoisotopic (exact) mass is 362 g/mol. The van der Waals surface area contributed by atoms with E-state index in [1.807, 2.05) is 0 Å². The fraction of sp³-hybridized carbons (Fsp3) is 0.583. The van der Waals surface area contributed by atoms with Crippen LogP contribution in [0.4, 0.5) is 5.82 Å². The second-order valence-electron chi connectivity index (χ2n) is 5.29. The van der Waals surface area contributed by atoms with E-state index in [4.69, 9.17) is 5.84 Å². The predicted octanol–water partition coefficient (Wildman–Crippen LogP) is 1.84. The van der Waals surface area contributed by atoms with Gasteiger partial charge in [-0.15, -0.1) is 0 Å². The Morgan fingerprint density at radius 2 is 2.10 bits per heavy atom. The van der Waals surface area contributed by atoms with E-state index in [0.29, 0.717) is 16.3 Å². The quantitative estimate of drug-likeness (QED) is 0.560. The number of nitrogens with two attached hydrogens (primary N) is 1. The highest BCUT2D eigenvalue weighted by atomic mass is 79.9. The smallest absolute Gasteiger partial charge is 0.244 e. The molecule has 8 heteroatoms. The van der Waals surface area contributed by atoms with Gasteiger partial charge in [-0.2, -0.15) is 0 Å². The van der Waals surface area contributed by atoms with E-state index in [-0.39, 0.29) is 16.8 Å². The Balaban J connectivity index is 2.29. The molecule has 3 unspecified atom stereocenters. The van der Waals surface area contributed by atoms with E-state index in [1.54, 1.807) is 0 Å². The van der Waals surface area contributed by atoms with Crippen LogP contribution in [0.2, 0.25) is 0 Å². The molecule has 1 heterocycles. The Hall–Kier alpha value is -0.700. The molecule has 2 rings (SSSR count). The van der Waals surface area contributed by atoms with Gasteiger partial charge < -0.3 is 5.43 Å². The average Bonchev–Trinajstić information content (AvgIpc) is 2.70. The van der Waals surface area contributed by atoms with Gasteiger partial charge in [0.15, 0.2) is 5.82 Å². The Bertz CT molecular complexity index is 593. The Kier molecular flexibility index (Phi) is 4.68. The highest BCUT2D eigenvalue weighted by Gasteiger charge is 2.34. The number of hydrazine groups is 1. The molecule has 4 N–H and O–H groups in total. The van der Waals surface area contributed by atoms with E-state index in [9.17, 15) is 8.42 Å². The second kappa shape index (κ2) is 5.97. The largest absolute Gasteiger partial charge is 0.307 e. The normalized spacial score (nSPS) is 26.7. The molecule has 0 amide bonds. The minimum atomic E-state index is -3.65. The lowest BCUT2D eigenvalue weighted by Crippen LogP contribution is -2.37. The molecule has 1 aromatic rings. The zero-order valence-electron chi connectivity index (χ0n) is 11.4. The summed E-state index contributed by atoms with van der Waals surface area (Å²) in [7, 11) is -3.65. The van der Waals surface area contributed by atoms with Gasteiger partial charge in [0.05, 0.1) is 0 Å². The third-order valence-electron chi connectivity index (χ3n) is 4.02. The van der Waals surface area contributed by atoms with E-state index >= 15 is 0 Å². The fourth-order valence-electron chi connectivity index (χ4n) is 2.53. The number of hydrogen-bond acceptors (Lipinski definition) is 5. The molecule has 3 atom stereocenters. The van der Waals surface area contributed by atoms with Crippen LogP contribution < -0.4 is 16.0 Å². The summed E-state index contributed by atoms with van der Waals surface area (Å²) in [4.78, 5) is 4.03. The molecule has 1 saturated carbocycles. The van der Waals surface area contributed by atoms with Crippen molar-refractivity contribution in [3.05, 3.63) is 16.7 Å². The van der Waals surface area contributed by atoms with Crippen molar-refractivity contribution in [2.24, 2.45) is 17.7 Å². The van der Waals surface area contributed by atoms with Crippen LogP contribution in [0.3, 0.4) is 0 Å². The first kappa shape index (κ1) is 15.7. The van der Waals surface area contributed by atoms with Crippen LogP contribution in [0, 0.1) is 11.8 Å². The molecule has 0 radical (unpaired) electrons. The number of pyridine rings is 1. The number of hydrogen-bond donors (Lipinski definition) is 3. The van der Waals surface area contributed by atoms with Crippen molar-refractivity contribution < 1.29 is 8.42 Å². The summed E-state index contributed by atoms with van der Waals surface area (Å²) in [6, 6.07) is 1.45. The molecular formula is C12H19BrN4O2S. The SMILES string of the molecule is CC1CCC(NS(=O)(=O)c2cc(Br)cnc2NN)C1C. The molecule has 1 fully saturated rings. The summed E-state index contributed by atoms with van der Waals surface area (Å²) in [6.07, 6.45) is 3.38. The van der Waals surface area contributed by atoms with Crippen LogP contribution in [0.15, 0.2) is 21.6 Å². The van der Waals surface area contributed by atoms with Crippen molar-refractivity contribution in [1.82, 2.24) is 9.71 Å². The van der Waals surface area contributed by atoms with Gasteiger partial charge in [0, 0.05) is 16.7 Å². The number of sulfonamides is 1. The summed E-state index contributed by atoms with van der Waals surface area (Å²) in [5, 5.41) is 0. The number of rotatable bonds is 4. The molecule has 1 aromatic heterocycles. The predicted molar refractivity (Wildman–Crippen MR) is 81.4 cm³/mol. The Morgan fingerprint density at radius 3 is 2.65 bits per heavy atom. The number of halogens is 1. The molecule has 0 saturated heterocycles. The van der Waals surface area contributed by atoms with Crippen LogP contribution in [0.1, 0.15) is 26.7 Å². The molecule has 0 bridgehead atoms. The highest BCUT2D eigenvalue weighted by Crippen LogP contribution is 2.32. The molecule has 1 aliphatic carbocycles. The maximum atomic E-state index is 12.5. The molecule has 20 heavy (non-hydrogen) atoms. The maximum Gasteiger partial charge on any atom is 0.244 e. The van der Waals surface area contributed by atoms with Crippen molar-refractivity contribution in [1.29, 1.82) is 0 Å². The van der Waals surface area contributed by atoms with Crippen molar-refractivity contribution in [3.63, 3.8) is 0 Å². The lowest BCUT2D eigenvalue weighted by atomic mass is 9.98. The van der Waals surface area contributed by atoms with Crippen molar-refractivity contribution in [2.75, 3.05) is 5.43 Å². The number of nitrogens with one attached hydrogen (secondary N) is 2. The molecule has 0 aromatic carbocycles. The lowest BCUT2D eigenvalue weighted by molar-refractivity contribution is 0.402. The van der Waals surface area contributed by atoms with Crippen LogP contribution in [0.5, 0.6) is 0 Å². The zero-order valence-corrected chi connectivity index (χ0v) is 13.8. The summed E-state index contributed by atoms with van der Waals surface area (Å²) in [6.45, 7) is 4.22. The van der Waals surface area contributed by atoms with Crippen molar-refractivity contribution in [2.45, 2.75) is 37.6 Å². The first-order valence-electron chi connectivity index (χ1n) is 6.49. The summed E-state index contributed by atoms with van der Waals surface area (Å²) >= 11 is 3.23. The summed E-state index contributed by atoms with van der Waals surface area (Å²) in [5.41, 5.74) is 2.32. The molecule has 0 aliphatic heterocycles. The van der Waals surface area contributed by atoms with Crippen molar-refractivity contribution in [3.8, 4) is 0 Å². The van der Waals surface area contributed by atoms with Gasteiger partial charge in [-0.3, -0.25) is 0 Å². The van der Waals surface area contributed by atoms with E-state index in [2.05, 4.69) is 44.9 Å². The van der Waals surface area contributed by atoms with Crippen LogP contribution in [-0.4, -0.2) is 19.4 Å². The Labute approximate surface area is 127 Å². The Morgan fingerprint density at radius 1 is 1.40 bits per heavy atom. The van der Waals surface area contributed by atoms with Gasteiger partial charge in [-0.1, -0.05) is 13.8 Å². The second-order valence-corrected chi connectivity index (χ2v) is 7.88. The average molecular weight is 363 g/mol. The zero-order chi connectivity index (χ0) is 14.9. The van der Waals surface area contributed by atoms with Crippen LogP contribution in [0.25, 0.3) is 0 Å². The van der Waals surface area contributed by atoms with E-state index in [0.717, 1.165) is 12.8 Å². The first-order chi connectivity index (χ1) is 9.35. The standard InChI is InChI=1S/C12H19BrN4O2S/c1-7-3-4-10(8(7)2)17-20(18,19)11-5-9(13)6-15-12(11)16-14/h5-8,10,17H,3-4,14H2,1-2H3,(H,15,16). The molecule has 1 aliphatic rings. The summed E-state index contributed by atoms with van der Waals surface area (Å²) < 4.78 is 28.4. The molecule has 0 spiro atoms. The molecule has 112 valence electrons. The fourth-order valence-corrected chi connectivity index (χ4v) is 4.52. The molecule has 6 nitrogen and oxygen atoms in total. The number of aromatic nitrogens is 1. The van der Waals surface area contributed by atoms with Gasteiger partial charge in [0.2, 0.25) is 10.0 Å². The van der Waals surface area contributed by atoms with Crippen LogP contribution >= 0.6 is 15.9 Å². The number of nitrogen functional groups attached to an aromatic ring is 1. The topological polar surface area (TPSA) is 97.1 Å². The van der Waals surface area contributed by atoms with E-state index in [1.165, 1.54) is 12.3 Å². The highest BCUT2D eigenvalue weighted by molar-refractivity contribution is 9.10. The van der Waals surface area contributed by atoms with Gasteiger partial charge in [0.1, 0.15) is 4.90 Å². The first-order valence-corrected chi connectivity index (χ1v) is 8.77. The van der Waals surface area contributed by atoms with Crippen LogP contribution in [-0.2, 0) is 10.0 Å². The third kappa shape index (κ3) is 3.13. The molecular weight excluding hydrogens is 344 g/mol. The minimum absolute atomic E-state index is 0.0420. The number of anilines is 1. The maximum absolute atomic E-state index is 12.5. The number of nitrogens with zero attached hydrogens (tertiary/aromatic N) is 1. The van der Waals surface area contributed by atoms with Gasteiger partial charge >= 0.3 is 0 Å². The van der Waals surface area contributed by atoms with E-state index < -0.39 is 10.0 Å². The van der Waals surface area contributed by atoms with Crippen molar-refractivity contribution >= 4 is 31.8 Å². The lowest BCUT2D eigenvalue weighted by Gasteiger charge is -2.20.